The van der Waals surface area contributed by atoms with Crippen molar-refractivity contribution in [2.75, 3.05) is 75.8 Å². The van der Waals surface area contributed by atoms with E-state index in [0.717, 1.165) is 18.5 Å². The standard InChI is InChI=1S/C87H129N3O23/c1-50-27-20-19-21-28-51(2)65(105-14)45-59-34-32-56(7)87(103,113-59)82(99)83(100)90-40-25-24-29-62(90)85(102)109-66(53(4)43-58-33-36-63(92)67(44-58)106-15)46-64(93)52(3)42-55(6)80(81(107-16)77(96)54(5)41-50)112-72(95)31-23-18-17-22-30-71(94)111-70-37-35-61-74-75(68(108-57(8)91)47-86(61,70)9)76-69(49-104-13)110-84(101)60(73(76)78(97)79(74)98)48-89(12)39-26-38-88(10)11/h19-21,27-28,42,48,50,52-54,56,58-59,61-63,65-70,76,80-81,92,97,103H,17-18,22-26,29-41,43-47,49H2,1-16H3/b21-19+,27-20+,51-28+,55-42+,60-48+/t50-,52-,53+,54-,56-,58+,59+,61+,62+,63-,65+,66+,67-,68-,69-,70+,76?,80-,81+,86+,87-/m1/s1. The zero-order chi connectivity index (χ0) is 82.9. The van der Waals surface area contributed by atoms with Gasteiger partial charge in [0, 0.05) is 122 Å². The van der Waals surface area contributed by atoms with Crippen molar-refractivity contribution in [1.82, 2.24) is 14.7 Å². The Morgan fingerprint density at radius 1 is 0.752 bits per heavy atom. The number of carbonyl (C=O) groups is 10. The van der Waals surface area contributed by atoms with Gasteiger partial charge in [-0.05, 0) is 178 Å². The number of Topliss-reactive ketones (excluding diaryl/α,β-unsaturated/α-hetero) is 4. The van der Waals surface area contributed by atoms with Crippen molar-refractivity contribution < 1.29 is 111 Å². The summed E-state index contributed by atoms with van der Waals surface area (Å²) in [6.07, 6.45) is 12.0. The monoisotopic (exact) mass is 1580 g/mol. The van der Waals surface area contributed by atoms with Crippen LogP contribution in [-0.2, 0) is 95.3 Å². The Kier molecular flexibility index (Phi) is 33.7. The predicted octanol–water partition coefficient (Wildman–Crippen LogP) is 10.4. The number of nitrogens with zero attached hydrogens (tertiary/aromatic N) is 3. The Morgan fingerprint density at radius 2 is 1.46 bits per heavy atom. The van der Waals surface area contributed by atoms with Gasteiger partial charge in [-0.15, -0.1) is 0 Å². The van der Waals surface area contributed by atoms with E-state index in [1.54, 1.807) is 61.2 Å². The normalized spacial score (nSPS) is 35.7. The second-order valence-corrected chi connectivity index (χ2v) is 33.9. The molecule has 26 heteroatoms. The lowest BCUT2D eigenvalue weighted by Gasteiger charge is -2.49. The lowest BCUT2D eigenvalue weighted by molar-refractivity contribution is -0.265. The van der Waals surface area contributed by atoms with Gasteiger partial charge in [0.2, 0.25) is 11.6 Å². The maximum Gasteiger partial charge on any atom is 0.340 e. The molecule has 0 aromatic rings. The zero-order valence-electron chi connectivity index (χ0n) is 69.7. The summed E-state index contributed by atoms with van der Waals surface area (Å²) in [5.41, 5.74) is 1.07. The van der Waals surface area contributed by atoms with Gasteiger partial charge < -0.3 is 77.4 Å². The number of rotatable bonds is 23. The van der Waals surface area contributed by atoms with Gasteiger partial charge in [-0.2, -0.15) is 0 Å². The molecule has 0 aromatic carbocycles. The SMILES string of the molecule is COC[C@H]1OC(=O)/C(=C/N(C)CCCN(C)C)C2=C(O)C(=O)C3=C(C21)[C@H](OC(C)=O)C[C@]1(C)[C@@H](OC(=O)CCCCCCC(=O)O[C@@H]2/C(C)=C/[C@@H](C)C(=O)C[C@@H]([C@@H](C)C[C@@H]4CC[C@@H](O)[C@H](OC)C4)OC(=O)[C@@H]4CCCCN4C(=O)C(=O)[C@]4(O)O[C@@H](CC[C@H]4C)C[C@H](OC)/C(C)=C/C=C/C=C/[C@@H](C)C[C@@H](C)C(=O)[C@@H]2OC)CC[C@@H]31. The van der Waals surface area contributed by atoms with Gasteiger partial charge in [-0.1, -0.05) is 90.8 Å². The lowest BCUT2D eigenvalue weighted by atomic mass is 9.58. The van der Waals surface area contributed by atoms with Gasteiger partial charge in [-0.3, -0.25) is 38.4 Å². The van der Waals surface area contributed by atoms with E-state index in [-0.39, 0.29) is 91.8 Å². The minimum atomic E-state index is -2.50. The van der Waals surface area contributed by atoms with Crippen LogP contribution in [0.1, 0.15) is 204 Å². The van der Waals surface area contributed by atoms with E-state index in [9.17, 15) is 63.3 Å². The maximum atomic E-state index is 14.9. The Balaban J connectivity index is 0.977. The first-order valence-corrected chi connectivity index (χ1v) is 41.1. The molecule has 4 aliphatic carbocycles. The Labute approximate surface area is 668 Å². The molecule has 26 nitrogen and oxygen atoms in total. The maximum absolute atomic E-state index is 14.9. The molecule has 0 spiro atoms. The molecule has 1 amide bonds. The summed E-state index contributed by atoms with van der Waals surface area (Å²) in [6.45, 7) is 17.0. The van der Waals surface area contributed by atoms with E-state index in [1.807, 2.05) is 82.0 Å². The van der Waals surface area contributed by atoms with E-state index < -0.39 is 167 Å². The lowest BCUT2D eigenvalue weighted by Crippen LogP contribution is -2.61. The highest BCUT2D eigenvalue weighted by Gasteiger charge is 2.62. The first-order valence-electron chi connectivity index (χ1n) is 41.1. The van der Waals surface area contributed by atoms with E-state index in [0.29, 0.717) is 114 Å². The van der Waals surface area contributed by atoms with Gasteiger partial charge in [0.1, 0.15) is 36.2 Å². The van der Waals surface area contributed by atoms with Crippen LogP contribution >= 0.6 is 0 Å². The summed E-state index contributed by atoms with van der Waals surface area (Å²) >= 11 is 0. The summed E-state index contributed by atoms with van der Waals surface area (Å²) < 4.78 is 60.5. The van der Waals surface area contributed by atoms with Crippen LogP contribution in [0.5, 0.6) is 0 Å². The van der Waals surface area contributed by atoms with Crippen LogP contribution in [0.25, 0.3) is 0 Å². The number of cyclic esters (lactones) is 2. The molecule has 8 rings (SSSR count). The fraction of sp³-hybridized carbons (Fsp3) is 0.724. The fourth-order valence-electron chi connectivity index (χ4n) is 18.5. The number of unbranched alkanes of at least 4 members (excludes halogenated alkanes) is 3. The Bertz CT molecular complexity index is 3630. The molecule has 630 valence electrons. The minimum Gasteiger partial charge on any atom is -0.504 e. The molecular formula is C87H129N3O23. The molecule has 8 aliphatic rings. The van der Waals surface area contributed by atoms with Crippen LogP contribution in [0.2, 0.25) is 0 Å². The van der Waals surface area contributed by atoms with Gasteiger partial charge in [0.05, 0.1) is 42.5 Å². The molecule has 21 atom stereocenters. The molecular weight excluding hydrogens is 1450 g/mol. The summed E-state index contributed by atoms with van der Waals surface area (Å²) in [6, 6.07) is -1.23. The smallest absolute Gasteiger partial charge is 0.340 e. The van der Waals surface area contributed by atoms with Gasteiger partial charge in [0.25, 0.3) is 11.7 Å². The number of ketones is 4. The van der Waals surface area contributed by atoms with Crippen LogP contribution in [0.15, 0.2) is 81.9 Å². The molecule has 2 bridgehead atoms. The Morgan fingerprint density at radius 3 is 2.12 bits per heavy atom. The van der Waals surface area contributed by atoms with Crippen molar-refractivity contribution in [3.8, 4) is 0 Å². The number of aliphatic hydroxyl groups excluding tert-OH is 2. The van der Waals surface area contributed by atoms with E-state index in [1.165, 1.54) is 26.0 Å². The number of allylic oxidation sites excluding steroid dienone is 7. The average Bonchev–Trinajstić information content (AvgIpc) is 1.68. The molecule has 2 saturated carbocycles. The second kappa shape index (κ2) is 41.7. The quantitative estimate of drug-likeness (QED) is 0.0214. The van der Waals surface area contributed by atoms with Gasteiger partial charge >= 0.3 is 29.8 Å². The predicted molar refractivity (Wildman–Crippen MR) is 418 cm³/mol. The first-order chi connectivity index (χ1) is 53.6. The van der Waals surface area contributed by atoms with Crippen LogP contribution < -0.4 is 0 Å². The van der Waals surface area contributed by atoms with Crippen LogP contribution in [0.4, 0.5) is 0 Å². The second-order valence-electron chi connectivity index (χ2n) is 33.9. The van der Waals surface area contributed by atoms with Crippen molar-refractivity contribution >= 4 is 58.9 Å². The molecule has 113 heavy (non-hydrogen) atoms. The van der Waals surface area contributed by atoms with Crippen molar-refractivity contribution in [1.29, 1.82) is 0 Å². The Hall–Kier alpha value is -7.04. The summed E-state index contributed by atoms with van der Waals surface area (Å²) in [7, 11) is 11.6. The third-order valence-corrected chi connectivity index (χ3v) is 25.0. The molecule has 4 aliphatic heterocycles. The van der Waals surface area contributed by atoms with Crippen LogP contribution in [-0.4, -0.2) is 238 Å². The van der Waals surface area contributed by atoms with E-state index in [2.05, 4.69) is 0 Å². The molecule has 3 N–H and O–H groups in total. The number of fused-ring (bicyclic) bond motifs is 7. The molecule has 3 saturated heterocycles. The van der Waals surface area contributed by atoms with Crippen molar-refractivity contribution in [3.05, 3.63) is 81.9 Å². The topological polar surface area (TPSA) is 333 Å². The number of carbonyl (C=O) groups excluding carboxylic acids is 10. The number of amides is 1. The van der Waals surface area contributed by atoms with Gasteiger partial charge in [-0.25, -0.2) is 9.59 Å². The fourth-order valence-corrected chi connectivity index (χ4v) is 18.5. The summed E-state index contributed by atoms with van der Waals surface area (Å²) in [5, 5.41) is 34.9. The van der Waals surface area contributed by atoms with Gasteiger partial charge in [0.15, 0.2) is 23.8 Å². The number of hydrogen-bond donors (Lipinski definition) is 3. The largest absolute Gasteiger partial charge is 0.504 e. The molecule has 4 heterocycles. The van der Waals surface area contributed by atoms with E-state index >= 15 is 0 Å². The van der Waals surface area contributed by atoms with Crippen molar-refractivity contribution in [3.63, 3.8) is 0 Å². The number of piperidine rings is 1. The number of aliphatic hydroxyl groups is 3. The average molecular weight is 1580 g/mol. The first kappa shape index (κ1) is 91.5. The summed E-state index contributed by atoms with van der Waals surface area (Å²) in [4.78, 5) is 148. The molecule has 1 unspecified atom stereocenters. The number of esters is 5. The van der Waals surface area contributed by atoms with Crippen molar-refractivity contribution in [2.24, 2.45) is 52.8 Å². The highest BCUT2D eigenvalue weighted by atomic mass is 16.6. The molecule has 0 aromatic heterocycles. The highest BCUT2D eigenvalue weighted by molar-refractivity contribution is 6.39. The number of methoxy groups -OCH3 is 4. The number of hydrogen-bond acceptors (Lipinski definition) is 25. The number of ether oxygens (including phenoxy) is 10. The van der Waals surface area contributed by atoms with Crippen molar-refractivity contribution in [2.45, 2.75) is 276 Å². The minimum absolute atomic E-state index is 0.0191. The summed E-state index contributed by atoms with van der Waals surface area (Å²) in [5.74, 6) is -14.2. The molecule has 0 radical (unpaired) electrons. The van der Waals surface area contributed by atoms with Crippen LogP contribution in [0.3, 0.4) is 0 Å². The highest BCUT2D eigenvalue weighted by Crippen LogP contribution is 2.61. The third kappa shape index (κ3) is 22.8. The van der Waals surface area contributed by atoms with Crippen LogP contribution in [0, 0.1) is 52.8 Å². The zero-order valence-corrected chi connectivity index (χ0v) is 69.7. The molecule has 5 fully saturated rings. The third-order valence-electron chi connectivity index (χ3n) is 25.0. The van der Waals surface area contributed by atoms with E-state index in [4.69, 9.17) is 47.4 Å².